The first-order chi connectivity index (χ1) is 4.76. The lowest BCUT2D eigenvalue weighted by molar-refractivity contribution is -0.138. The van der Waals surface area contributed by atoms with Crippen LogP contribution in [-0.2, 0) is 9.53 Å². The Labute approximate surface area is 61.2 Å². The number of allylic oxidation sites excluding steroid dienone is 1. The number of carbonyl (C=O) groups is 1. The molecule has 0 aliphatic carbocycles. The summed E-state index contributed by atoms with van der Waals surface area (Å²) < 4.78 is 4.71. The first-order valence-corrected chi connectivity index (χ1v) is 3.22. The summed E-state index contributed by atoms with van der Waals surface area (Å²) in [7, 11) is 0. The number of carbonyl (C=O) groups excluding carboxylic acids is 1. The highest BCUT2D eigenvalue weighted by Gasteiger charge is 2.02. The third-order valence-corrected chi connectivity index (χ3v) is 1.04. The molecular weight excluding hydrogens is 128 g/mol. The lowest BCUT2D eigenvalue weighted by Crippen LogP contribution is -2.05. The largest absolute Gasteiger partial charge is 0.462 e. The predicted molar refractivity (Wildman–Crippen MR) is 40.6 cm³/mol. The van der Waals surface area contributed by atoms with E-state index in [2.05, 4.69) is 6.58 Å². The van der Waals surface area contributed by atoms with Gasteiger partial charge in [0.15, 0.2) is 0 Å². The third-order valence-electron chi connectivity index (χ3n) is 1.04. The van der Waals surface area contributed by atoms with Gasteiger partial charge in [-0.1, -0.05) is 18.7 Å². The minimum atomic E-state index is -0.306. The number of rotatable bonds is 3. The van der Waals surface area contributed by atoms with Crippen molar-refractivity contribution in [2.75, 3.05) is 6.61 Å². The molecule has 0 aromatic heterocycles. The average Bonchev–Trinajstić information content (AvgIpc) is 1.91. The molecule has 0 bridgehead atoms. The molecule has 0 amide bonds. The van der Waals surface area contributed by atoms with Crippen LogP contribution in [0, 0.1) is 0 Å². The van der Waals surface area contributed by atoms with E-state index in [4.69, 9.17) is 4.74 Å². The summed E-state index contributed by atoms with van der Waals surface area (Å²) in [6.45, 7) is 7.42. The van der Waals surface area contributed by atoms with Gasteiger partial charge in [-0.2, -0.15) is 0 Å². The number of hydrogen-bond acceptors (Lipinski definition) is 2. The minimum Gasteiger partial charge on any atom is -0.462 e. The third kappa shape index (κ3) is 2.49. The smallest absolute Gasteiger partial charge is 0.337 e. The van der Waals surface area contributed by atoms with E-state index in [-0.39, 0.29) is 5.97 Å². The highest BCUT2D eigenvalue weighted by atomic mass is 16.5. The van der Waals surface area contributed by atoms with E-state index in [0.29, 0.717) is 12.2 Å². The molecule has 0 rings (SSSR count). The second-order valence-corrected chi connectivity index (χ2v) is 1.67. The van der Waals surface area contributed by atoms with Crippen LogP contribution >= 0.6 is 0 Å². The lowest BCUT2D eigenvalue weighted by atomic mass is 10.2. The van der Waals surface area contributed by atoms with Crippen molar-refractivity contribution in [1.82, 2.24) is 0 Å². The summed E-state index contributed by atoms with van der Waals surface area (Å²) in [5.74, 6) is -0.306. The monoisotopic (exact) mass is 140 g/mol. The first kappa shape index (κ1) is 8.95. The molecule has 0 saturated heterocycles. The van der Waals surface area contributed by atoms with Gasteiger partial charge in [-0.05, 0) is 13.8 Å². The fourth-order valence-corrected chi connectivity index (χ4v) is 0.533. The Kier molecular flexibility index (Phi) is 4.29. The van der Waals surface area contributed by atoms with Crippen LogP contribution in [0.5, 0.6) is 0 Å². The highest BCUT2D eigenvalue weighted by molar-refractivity contribution is 5.91. The second kappa shape index (κ2) is 4.79. The van der Waals surface area contributed by atoms with Crippen molar-refractivity contribution in [2.24, 2.45) is 0 Å². The molecule has 0 radical (unpaired) electrons. The summed E-state index contributed by atoms with van der Waals surface area (Å²) >= 11 is 0. The van der Waals surface area contributed by atoms with E-state index in [1.807, 2.05) is 0 Å². The maximum absolute atomic E-state index is 10.8. The van der Waals surface area contributed by atoms with E-state index >= 15 is 0 Å². The van der Waals surface area contributed by atoms with Gasteiger partial charge in [0.05, 0.1) is 12.2 Å². The summed E-state index contributed by atoms with van der Waals surface area (Å²) in [5, 5.41) is 0. The SMILES string of the molecule is C=C/C(=C\C)C(=O)OCC. The molecule has 0 fully saturated rings. The van der Waals surface area contributed by atoms with Crippen molar-refractivity contribution < 1.29 is 9.53 Å². The fourth-order valence-electron chi connectivity index (χ4n) is 0.533. The maximum Gasteiger partial charge on any atom is 0.337 e. The van der Waals surface area contributed by atoms with Gasteiger partial charge in [0.25, 0.3) is 0 Å². The normalized spacial score (nSPS) is 10.8. The maximum atomic E-state index is 10.8. The zero-order valence-electron chi connectivity index (χ0n) is 6.39. The zero-order valence-corrected chi connectivity index (χ0v) is 6.39. The van der Waals surface area contributed by atoms with Gasteiger partial charge in [-0.15, -0.1) is 0 Å². The standard InChI is InChI=1S/C8H12O2/c1-4-7(5-2)8(9)10-6-3/h4-5H,1,6H2,2-3H3/b7-5+. The van der Waals surface area contributed by atoms with E-state index < -0.39 is 0 Å². The average molecular weight is 140 g/mol. The van der Waals surface area contributed by atoms with Crippen LogP contribution in [0.4, 0.5) is 0 Å². The summed E-state index contributed by atoms with van der Waals surface area (Å²) in [5.41, 5.74) is 0.516. The number of esters is 1. The molecule has 2 nitrogen and oxygen atoms in total. The van der Waals surface area contributed by atoms with E-state index in [1.165, 1.54) is 6.08 Å². The molecule has 56 valence electrons. The summed E-state index contributed by atoms with van der Waals surface area (Å²) in [4.78, 5) is 10.8. The lowest BCUT2D eigenvalue weighted by Gasteiger charge is -1.99. The minimum absolute atomic E-state index is 0.306. The van der Waals surface area contributed by atoms with E-state index in [0.717, 1.165) is 0 Å². The van der Waals surface area contributed by atoms with E-state index in [9.17, 15) is 4.79 Å². The molecule has 0 saturated carbocycles. The first-order valence-electron chi connectivity index (χ1n) is 3.22. The summed E-state index contributed by atoms with van der Waals surface area (Å²) in [6, 6.07) is 0. The molecule has 0 spiro atoms. The van der Waals surface area contributed by atoms with Crippen LogP contribution in [0.2, 0.25) is 0 Å². The van der Waals surface area contributed by atoms with Crippen LogP contribution in [0.15, 0.2) is 24.3 Å². The van der Waals surface area contributed by atoms with Gasteiger partial charge in [0, 0.05) is 0 Å². The molecule has 0 atom stereocenters. The van der Waals surface area contributed by atoms with Crippen LogP contribution < -0.4 is 0 Å². The van der Waals surface area contributed by atoms with Crippen LogP contribution in [-0.4, -0.2) is 12.6 Å². The van der Waals surface area contributed by atoms with Gasteiger partial charge >= 0.3 is 5.97 Å². The Morgan fingerprint density at radius 2 is 2.30 bits per heavy atom. The molecule has 0 aromatic carbocycles. The Morgan fingerprint density at radius 3 is 2.60 bits per heavy atom. The van der Waals surface area contributed by atoms with Crippen LogP contribution in [0.1, 0.15) is 13.8 Å². The topological polar surface area (TPSA) is 26.3 Å². The Balaban J connectivity index is 4.04. The fraction of sp³-hybridized carbons (Fsp3) is 0.375. The van der Waals surface area contributed by atoms with Crippen molar-refractivity contribution in [2.45, 2.75) is 13.8 Å². The van der Waals surface area contributed by atoms with Crippen molar-refractivity contribution in [3.05, 3.63) is 24.3 Å². The number of ether oxygens (including phenoxy) is 1. The highest BCUT2D eigenvalue weighted by Crippen LogP contribution is 1.97. The Hall–Kier alpha value is -1.05. The van der Waals surface area contributed by atoms with Crippen molar-refractivity contribution in [1.29, 1.82) is 0 Å². The van der Waals surface area contributed by atoms with Gasteiger partial charge in [-0.3, -0.25) is 0 Å². The van der Waals surface area contributed by atoms with Crippen LogP contribution in [0.25, 0.3) is 0 Å². The molecule has 0 heterocycles. The van der Waals surface area contributed by atoms with Crippen LogP contribution in [0.3, 0.4) is 0 Å². The predicted octanol–water partition coefficient (Wildman–Crippen LogP) is 1.68. The molecule has 0 N–H and O–H groups in total. The molecule has 0 aliphatic heterocycles. The second-order valence-electron chi connectivity index (χ2n) is 1.67. The van der Waals surface area contributed by atoms with Gasteiger partial charge in [-0.25, -0.2) is 4.79 Å². The van der Waals surface area contributed by atoms with E-state index in [1.54, 1.807) is 19.9 Å². The Bertz CT molecular complexity index is 157. The van der Waals surface area contributed by atoms with Gasteiger partial charge in [0.2, 0.25) is 0 Å². The molecule has 0 aromatic rings. The molecule has 10 heavy (non-hydrogen) atoms. The molecule has 2 heteroatoms. The van der Waals surface area contributed by atoms with Crippen molar-refractivity contribution in [3.63, 3.8) is 0 Å². The summed E-state index contributed by atoms with van der Waals surface area (Å²) in [6.07, 6.45) is 3.16. The molecular formula is C8H12O2. The Morgan fingerprint density at radius 1 is 1.70 bits per heavy atom. The molecule has 0 aliphatic rings. The van der Waals surface area contributed by atoms with Crippen molar-refractivity contribution >= 4 is 5.97 Å². The van der Waals surface area contributed by atoms with Gasteiger partial charge < -0.3 is 4.74 Å². The van der Waals surface area contributed by atoms with Gasteiger partial charge in [0.1, 0.15) is 0 Å². The zero-order chi connectivity index (χ0) is 7.98. The quantitative estimate of drug-likeness (QED) is 0.338. The number of hydrogen-bond donors (Lipinski definition) is 0. The molecule has 0 unspecified atom stereocenters. The van der Waals surface area contributed by atoms with Crippen molar-refractivity contribution in [3.8, 4) is 0 Å².